The number of amides is 2. The first-order valence-electron chi connectivity index (χ1n) is 25.3. The topological polar surface area (TPSA) is 215 Å². The van der Waals surface area contributed by atoms with Crippen LogP contribution < -0.4 is 10.6 Å². The molecule has 9 rings (SSSR count). The summed E-state index contributed by atoms with van der Waals surface area (Å²) in [7, 11) is 0. The number of rotatable bonds is 9. The van der Waals surface area contributed by atoms with Gasteiger partial charge < -0.3 is 54.3 Å². The second kappa shape index (κ2) is 24.4. The highest BCUT2D eigenvalue weighted by molar-refractivity contribution is 7.19. The number of anilines is 2. The van der Waals surface area contributed by atoms with Crippen molar-refractivity contribution in [2.24, 2.45) is 5.92 Å². The summed E-state index contributed by atoms with van der Waals surface area (Å²) >= 11 is 1.73. The molecule has 2 amide bonds. The van der Waals surface area contributed by atoms with Gasteiger partial charge in [0.1, 0.15) is 11.5 Å². The fraction of sp³-hybridized carbons (Fsp3) is 0.538. The predicted octanol–water partition coefficient (Wildman–Crippen LogP) is 4.88. The van der Waals surface area contributed by atoms with E-state index in [0.29, 0.717) is 129 Å². The van der Waals surface area contributed by atoms with E-state index in [-0.39, 0.29) is 46.7 Å². The first kappa shape index (κ1) is 51.3. The fourth-order valence-corrected chi connectivity index (χ4v) is 10.9. The molecule has 2 aromatic carbocycles. The second-order valence-electron chi connectivity index (χ2n) is 19.2. The minimum atomic E-state index is -0.265. The van der Waals surface area contributed by atoms with Crippen molar-refractivity contribution >= 4 is 45.1 Å². The van der Waals surface area contributed by atoms with Crippen LogP contribution in [0, 0.1) is 5.92 Å². The lowest BCUT2D eigenvalue weighted by Crippen LogP contribution is -2.44. The summed E-state index contributed by atoms with van der Waals surface area (Å²) < 4.78 is 30.8. The average Bonchev–Trinajstić information content (AvgIpc) is 4.00. The number of carbonyl (C=O) groups excluding carboxylic acids is 2. The van der Waals surface area contributed by atoms with Gasteiger partial charge in [-0.2, -0.15) is 0 Å². The minimum absolute atomic E-state index is 0.00227. The number of likely N-dealkylation sites (tertiary alicyclic amines) is 1. The Morgan fingerprint density at radius 1 is 0.694 bits per heavy atom. The lowest BCUT2D eigenvalue weighted by molar-refractivity contribution is -0.139. The van der Waals surface area contributed by atoms with E-state index in [2.05, 4.69) is 48.9 Å². The summed E-state index contributed by atoms with van der Waals surface area (Å²) in [6, 6.07) is 11.4. The maximum atomic E-state index is 14.0. The number of fused-ring (bicyclic) bond motifs is 2. The van der Waals surface area contributed by atoms with Crippen LogP contribution in [0.2, 0.25) is 0 Å². The van der Waals surface area contributed by atoms with E-state index in [1.54, 1.807) is 34.7 Å². The van der Waals surface area contributed by atoms with Crippen molar-refractivity contribution in [2.45, 2.75) is 58.8 Å². The Balaban J connectivity index is 0.732. The molecule has 0 radical (unpaired) electrons. The number of carbonyl (C=O) groups is 2. The summed E-state index contributed by atoms with van der Waals surface area (Å²) in [5.74, 6) is 1.25. The van der Waals surface area contributed by atoms with Gasteiger partial charge in [0.25, 0.3) is 5.91 Å². The Kier molecular flexibility index (Phi) is 17.4. The SMILES string of the molecule is CC(C)c1cc(C(=O)N2Cc3ccc(CN4CCOCCOCCN(C(=O)C5CCN(Cc6cc7nc(-c8cnc(N)nc8)nc(N8CCOCC8)c7s6)CC5)CCOCCOCC4)cc3C2)c(O)cc1O. The van der Waals surface area contributed by atoms with Crippen LogP contribution in [-0.4, -0.2) is 180 Å². The van der Waals surface area contributed by atoms with Gasteiger partial charge in [-0.25, -0.2) is 19.9 Å². The van der Waals surface area contributed by atoms with Crippen LogP contribution in [0.5, 0.6) is 11.5 Å². The van der Waals surface area contributed by atoms with Crippen molar-refractivity contribution in [3.8, 4) is 22.9 Å². The number of phenolic OH excluding ortho intramolecular Hbond substituents is 2. The van der Waals surface area contributed by atoms with E-state index in [1.165, 1.54) is 10.9 Å². The first-order chi connectivity index (χ1) is 35.1. The number of morpholine rings is 1. The van der Waals surface area contributed by atoms with Gasteiger partial charge in [0, 0.05) is 94.7 Å². The van der Waals surface area contributed by atoms with Crippen molar-refractivity contribution in [3.05, 3.63) is 81.5 Å². The lowest BCUT2D eigenvalue weighted by atomic mass is 9.95. The van der Waals surface area contributed by atoms with Gasteiger partial charge in [-0.1, -0.05) is 32.0 Å². The largest absolute Gasteiger partial charge is 0.508 e. The molecule has 4 aliphatic heterocycles. The maximum absolute atomic E-state index is 14.0. The standard InChI is InChI=1S/C52H68N10O9S/c1-35(2)42-27-43(46(64)28-45(42)63)51(66)62-32-38-4-3-36(25-39(38)33-62)31-59-9-15-68-21-23-70-19-13-61(14-20-71-24-22-69-16-10-59)50(65)37-5-7-58(8-6-37)34-41-26-44-47(72-41)49(60-11-17-67-18-12-60)57-48(56-44)40-29-54-52(53)55-30-40/h3-4,25-30,35,37,63-64H,5-24,31-34H2,1-2H3,(H2,53,54,55). The van der Waals surface area contributed by atoms with E-state index in [1.807, 2.05) is 18.7 Å². The van der Waals surface area contributed by atoms with Crippen molar-refractivity contribution < 1.29 is 43.5 Å². The van der Waals surface area contributed by atoms with Crippen molar-refractivity contribution in [1.82, 2.24) is 39.5 Å². The van der Waals surface area contributed by atoms with Gasteiger partial charge in [0.15, 0.2) is 11.6 Å². The molecule has 19 nitrogen and oxygen atoms in total. The zero-order valence-corrected chi connectivity index (χ0v) is 42.3. The van der Waals surface area contributed by atoms with Crippen LogP contribution in [-0.2, 0) is 54.7 Å². The molecule has 0 atom stereocenters. The molecule has 4 N–H and O–H groups in total. The number of thiophene rings is 1. The number of hydrogen-bond acceptors (Lipinski definition) is 18. The third-order valence-corrected chi connectivity index (χ3v) is 14.9. The van der Waals surface area contributed by atoms with Gasteiger partial charge in [-0.15, -0.1) is 11.3 Å². The summed E-state index contributed by atoms with van der Waals surface area (Å²) in [5, 5.41) is 20.9. The number of benzene rings is 2. The van der Waals surface area contributed by atoms with Gasteiger partial charge in [-0.3, -0.25) is 19.4 Å². The Morgan fingerprint density at radius 3 is 1.97 bits per heavy atom. The van der Waals surface area contributed by atoms with Crippen LogP contribution in [0.4, 0.5) is 11.8 Å². The normalized spacial score (nSPS) is 19.1. The second-order valence-corrected chi connectivity index (χ2v) is 20.3. The molecule has 0 aliphatic carbocycles. The van der Waals surface area contributed by atoms with Crippen molar-refractivity contribution in [2.75, 3.05) is 129 Å². The van der Waals surface area contributed by atoms with Crippen molar-refractivity contribution in [1.29, 1.82) is 0 Å². The van der Waals surface area contributed by atoms with Crippen molar-refractivity contribution in [3.63, 3.8) is 0 Å². The Bertz CT molecular complexity index is 2600. The van der Waals surface area contributed by atoms with E-state index < -0.39 is 0 Å². The molecule has 3 aromatic heterocycles. The third-order valence-electron chi connectivity index (χ3n) is 13.8. The van der Waals surface area contributed by atoms with E-state index in [0.717, 1.165) is 78.3 Å². The minimum Gasteiger partial charge on any atom is -0.508 e. The smallest absolute Gasteiger partial charge is 0.258 e. The number of aromatic hydroxyl groups is 2. The highest BCUT2D eigenvalue weighted by atomic mass is 32.1. The average molecular weight is 1010 g/mol. The van der Waals surface area contributed by atoms with E-state index in [4.69, 9.17) is 39.4 Å². The molecule has 0 spiro atoms. The number of nitrogens with two attached hydrogens (primary N) is 1. The molecule has 0 unspecified atom stereocenters. The number of nitrogen functional groups attached to an aromatic ring is 1. The van der Waals surface area contributed by atoms with Gasteiger partial charge in [0.05, 0.1) is 87.4 Å². The Labute approximate surface area is 424 Å². The van der Waals surface area contributed by atoms with Gasteiger partial charge >= 0.3 is 0 Å². The first-order valence-corrected chi connectivity index (χ1v) is 26.1. The molecule has 0 saturated carbocycles. The van der Waals surface area contributed by atoms with Crippen LogP contribution in [0.1, 0.15) is 70.1 Å². The van der Waals surface area contributed by atoms with Crippen LogP contribution in [0.15, 0.2) is 48.8 Å². The number of piperidine rings is 1. The molecule has 4 aliphatic rings. The third kappa shape index (κ3) is 13.0. The number of hydrogen-bond donors (Lipinski definition) is 3. The van der Waals surface area contributed by atoms with Gasteiger partial charge in [0.2, 0.25) is 11.9 Å². The summed E-state index contributed by atoms with van der Waals surface area (Å²) in [4.78, 5) is 57.7. The number of nitrogens with zero attached hydrogens (tertiary/aromatic N) is 9. The summed E-state index contributed by atoms with van der Waals surface area (Å²) in [6.07, 6.45) is 4.88. The van der Waals surface area contributed by atoms with Gasteiger partial charge in [-0.05, 0) is 66.2 Å². The number of ether oxygens (including phenoxy) is 5. The zero-order valence-electron chi connectivity index (χ0n) is 41.5. The van der Waals surface area contributed by atoms with Crippen LogP contribution >= 0.6 is 11.3 Å². The number of phenols is 2. The van der Waals surface area contributed by atoms with E-state index in [9.17, 15) is 19.8 Å². The maximum Gasteiger partial charge on any atom is 0.258 e. The molecular weight excluding hydrogens is 941 g/mol. The Morgan fingerprint density at radius 2 is 1.31 bits per heavy atom. The highest BCUT2D eigenvalue weighted by Gasteiger charge is 2.31. The molecule has 20 heteroatoms. The zero-order chi connectivity index (χ0) is 50.0. The summed E-state index contributed by atoms with van der Waals surface area (Å²) in [5.41, 5.74) is 11.5. The Hall–Kier alpha value is -5.58. The van der Waals surface area contributed by atoms with E-state index >= 15 is 0 Å². The molecule has 72 heavy (non-hydrogen) atoms. The molecule has 386 valence electrons. The predicted molar refractivity (Wildman–Crippen MR) is 273 cm³/mol. The van der Waals surface area contributed by atoms with Crippen LogP contribution in [0.3, 0.4) is 0 Å². The summed E-state index contributed by atoms with van der Waals surface area (Å²) in [6.45, 7) is 16.6. The fourth-order valence-electron chi connectivity index (χ4n) is 9.76. The monoisotopic (exact) mass is 1010 g/mol. The molecule has 5 aromatic rings. The molecule has 0 bridgehead atoms. The number of aromatic nitrogens is 4. The molecular formula is C52H68N10O9S. The molecule has 3 saturated heterocycles. The highest BCUT2D eigenvalue weighted by Crippen LogP contribution is 2.37. The molecule has 3 fully saturated rings. The lowest BCUT2D eigenvalue weighted by Gasteiger charge is -2.34. The van der Waals surface area contributed by atoms with Crippen LogP contribution in [0.25, 0.3) is 21.6 Å². The molecule has 7 heterocycles. The quantitative estimate of drug-likeness (QED) is 0.179.